The van der Waals surface area contributed by atoms with Crippen molar-refractivity contribution in [1.82, 2.24) is 10.2 Å². The van der Waals surface area contributed by atoms with Crippen LogP contribution in [0.15, 0.2) is 16.5 Å². The molecule has 1 atom stereocenters. The van der Waals surface area contributed by atoms with Gasteiger partial charge in [0.15, 0.2) is 0 Å². The third-order valence-corrected chi connectivity index (χ3v) is 3.64. The molecule has 0 aliphatic carbocycles. The zero-order valence-corrected chi connectivity index (χ0v) is 13.2. The van der Waals surface area contributed by atoms with Gasteiger partial charge >= 0.3 is 6.01 Å². The molecule has 2 heterocycles. The number of hydrogen-bond donors (Lipinski definition) is 1. The van der Waals surface area contributed by atoms with Crippen LogP contribution in [0.4, 0.5) is 6.01 Å². The fourth-order valence-electron chi connectivity index (χ4n) is 2.64. The summed E-state index contributed by atoms with van der Waals surface area (Å²) in [5, 5.41) is 11.2. The molecule has 0 fully saturated rings. The van der Waals surface area contributed by atoms with E-state index in [1.54, 1.807) is 7.11 Å². The Morgan fingerprint density at radius 1 is 1.36 bits per heavy atom. The summed E-state index contributed by atoms with van der Waals surface area (Å²) in [5.74, 6) is 2.44. The van der Waals surface area contributed by atoms with Gasteiger partial charge in [0.25, 0.3) is 0 Å². The Morgan fingerprint density at radius 3 is 3.00 bits per heavy atom. The molecule has 6 heteroatoms. The highest BCUT2D eigenvalue weighted by atomic mass is 16.5. The SMILES string of the molecule is CCCc1nnc(NCc2cc(OC)cc3c2O[C@@H](C)C3)o1. The first-order valence-electron chi connectivity index (χ1n) is 7.62. The topological polar surface area (TPSA) is 69.4 Å². The average Bonchev–Trinajstić information content (AvgIpc) is 3.10. The van der Waals surface area contributed by atoms with Gasteiger partial charge in [-0.15, -0.1) is 5.10 Å². The average molecular weight is 303 g/mol. The molecule has 0 spiro atoms. The zero-order valence-electron chi connectivity index (χ0n) is 13.2. The van der Waals surface area contributed by atoms with Gasteiger partial charge in [0, 0.05) is 30.5 Å². The molecule has 1 N–H and O–H groups in total. The Balaban J connectivity index is 1.75. The molecule has 118 valence electrons. The van der Waals surface area contributed by atoms with E-state index in [0.717, 1.165) is 36.3 Å². The number of aromatic nitrogens is 2. The van der Waals surface area contributed by atoms with E-state index in [9.17, 15) is 0 Å². The molecule has 3 rings (SSSR count). The second-order valence-electron chi connectivity index (χ2n) is 5.51. The molecule has 1 aromatic heterocycles. The lowest BCUT2D eigenvalue weighted by Crippen LogP contribution is -2.07. The predicted octanol–water partition coefficient (Wildman–Crippen LogP) is 2.97. The lowest BCUT2D eigenvalue weighted by molar-refractivity contribution is 0.252. The van der Waals surface area contributed by atoms with Gasteiger partial charge in [-0.05, 0) is 25.5 Å². The minimum absolute atomic E-state index is 0.195. The fraction of sp³-hybridized carbons (Fsp3) is 0.500. The summed E-state index contributed by atoms with van der Waals surface area (Å²) in [6, 6.07) is 4.45. The van der Waals surface area contributed by atoms with Crippen molar-refractivity contribution >= 4 is 6.01 Å². The van der Waals surface area contributed by atoms with Crippen LogP contribution in [0, 0.1) is 0 Å². The number of anilines is 1. The highest BCUT2D eigenvalue weighted by Gasteiger charge is 2.23. The Bertz CT molecular complexity index is 654. The van der Waals surface area contributed by atoms with Gasteiger partial charge in [0.05, 0.1) is 7.11 Å². The summed E-state index contributed by atoms with van der Waals surface area (Å²) in [4.78, 5) is 0. The van der Waals surface area contributed by atoms with E-state index in [2.05, 4.69) is 29.4 Å². The minimum atomic E-state index is 0.195. The number of ether oxygens (including phenoxy) is 2. The quantitative estimate of drug-likeness (QED) is 0.884. The monoisotopic (exact) mass is 303 g/mol. The summed E-state index contributed by atoms with van der Waals surface area (Å²) in [6.07, 6.45) is 2.88. The van der Waals surface area contributed by atoms with Crippen molar-refractivity contribution < 1.29 is 13.9 Å². The number of fused-ring (bicyclic) bond motifs is 1. The van der Waals surface area contributed by atoms with Gasteiger partial charge in [0.1, 0.15) is 17.6 Å². The lowest BCUT2D eigenvalue weighted by Gasteiger charge is -2.11. The van der Waals surface area contributed by atoms with Crippen LogP contribution in [0.3, 0.4) is 0 Å². The third-order valence-electron chi connectivity index (χ3n) is 3.64. The maximum Gasteiger partial charge on any atom is 0.315 e. The Labute approximate surface area is 129 Å². The molecule has 0 radical (unpaired) electrons. The number of benzene rings is 1. The highest BCUT2D eigenvalue weighted by molar-refractivity contribution is 5.50. The second kappa shape index (κ2) is 6.25. The summed E-state index contributed by atoms with van der Waals surface area (Å²) < 4.78 is 16.8. The molecular formula is C16H21N3O3. The van der Waals surface area contributed by atoms with Crippen LogP contribution in [-0.2, 0) is 19.4 Å². The summed E-state index contributed by atoms with van der Waals surface area (Å²) >= 11 is 0. The van der Waals surface area contributed by atoms with Gasteiger partial charge < -0.3 is 19.2 Å². The van der Waals surface area contributed by atoms with Gasteiger partial charge in [-0.3, -0.25) is 0 Å². The second-order valence-corrected chi connectivity index (χ2v) is 5.51. The van der Waals surface area contributed by atoms with Crippen LogP contribution >= 0.6 is 0 Å². The molecule has 0 unspecified atom stereocenters. The molecule has 0 bridgehead atoms. The number of nitrogens with one attached hydrogen (secondary N) is 1. The van der Waals surface area contributed by atoms with Crippen LogP contribution in [0.1, 0.15) is 37.3 Å². The van der Waals surface area contributed by atoms with E-state index >= 15 is 0 Å². The molecule has 1 aliphatic heterocycles. The first-order chi connectivity index (χ1) is 10.7. The summed E-state index contributed by atoms with van der Waals surface area (Å²) in [5.41, 5.74) is 2.22. The molecule has 2 aromatic rings. The van der Waals surface area contributed by atoms with Gasteiger partial charge in [0.2, 0.25) is 5.89 Å². The van der Waals surface area contributed by atoms with E-state index < -0.39 is 0 Å². The molecular weight excluding hydrogens is 282 g/mol. The Kier molecular flexibility index (Phi) is 4.18. The van der Waals surface area contributed by atoms with Crippen molar-refractivity contribution in [2.24, 2.45) is 0 Å². The largest absolute Gasteiger partial charge is 0.497 e. The maximum absolute atomic E-state index is 5.91. The minimum Gasteiger partial charge on any atom is -0.497 e. The molecule has 1 aliphatic rings. The normalized spacial score (nSPS) is 16.2. The Hall–Kier alpha value is -2.24. The first kappa shape index (κ1) is 14.7. The molecule has 6 nitrogen and oxygen atoms in total. The van der Waals surface area contributed by atoms with Crippen molar-refractivity contribution in [1.29, 1.82) is 0 Å². The molecule has 22 heavy (non-hydrogen) atoms. The van der Waals surface area contributed by atoms with E-state index in [1.165, 1.54) is 5.56 Å². The van der Waals surface area contributed by atoms with Crippen molar-refractivity contribution in [3.05, 3.63) is 29.2 Å². The van der Waals surface area contributed by atoms with Crippen molar-refractivity contribution in [3.63, 3.8) is 0 Å². The highest BCUT2D eigenvalue weighted by Crippen LogP contribution is 2.36. The zero-order chi connectivity index (χ0) is 15.5. The van der Waals surface area contributed by atoms with Crippen LogP contribution in [0.25, 0.3) is 0 Å². The van der Waals surface area contributed by atoms with Crippen molar-refractivity contribution in [2.45, 2.75) is 45.8 Å². The molecule has 1 aromatic carbocycles. The summed E-state index contributed by atoms with van der Waals surface area (Å²) in [6.45, 7) is 4.70. The van der Waals surface area contributed by atoms with E-state index in [1.807, 2.05) is 12.1 Å². The fourth-order valence-corrected chi connectivity index (χ4v) is 2.64. The number of rotatable bonds is 6. The number of methoxy groups -OCH3 is 1. The third kappa shape index (κ3) is 3.00. The van der Waals surface area contributed by atoms with E-state index in [0.29, 0.717) is 18.5 Å². The number of hydrogen-bond acceptors (Lipinski definition) is 6. The molecule has 0 saturated carbocycles. The lowest BCUT2D eigenvalue weighted by atomic mass is 10.1. The number of nitrogens with zero attached hydrogens (tertiary/aromatic N) is 2. The number of aryl methyl sites for hydroxylation is 1. The van der Waals surface area contributed by atoms with Crippen LogP contribution < -0.4 is 14.8 Å². The van der Waals surface area contributed by atoms with Gasteiger partial charge in [-0.25, -0.2) is 0 Å². The van der Waals surface area contributed by atoms with E-state index in [-0.39, 0.29) is 6.10 Å². The van der Waals surface area contributed by atoms with Crippen LogP contribution in [-0.4, -0.2) is 23.4 Å². The summed E-state index contributed by atoms with van der Waals surface area (Å²) in [7, 11) is 1.67. The van der Waals surface area contributed by atoms with E-state index in [4.69, 9.17) is 13.9 Å². The van der Waals surface area contributed by atoms with Gasteiger partial charge in [-0.1, -0.05) is 12.0 Å². The van der Waals surface area contributed by atoms with Crippen LogP contribution in [0.5, 0.6) is 11.5 Å². The van der Waals surface area contributed by atoms with Gasteiger partial charge in [-0.2, -0.15) is 0 Å². The molecule has 0 saturated heterocycles. The predicted molar refractivity (Wildman–Crippen MR) is 82.4 cm³/mol. The van der Waals surface area contributed by atoms with Crippen molar-refractivity contribution in [3.8, 4) is 11.5 Å². The van der Waals surface area contributed by atoms with Crippen LogP contribution in [0.2, 0.25) is 0 Å². The molecule has 0 amide bonds. The standard InChI is InChI=1S/C16H21N3O3/c1-4-5-14-18-19-16(22-14)17-9-12-8-13(20-3)7-11-6-10(2)21-15(11)12/h7-8,10H,4-6,9H2,1-3H3,(H,17,19)/t10-/m0/s1. The van der Waals surface area contributed by atoms with Crippen molar-refractivity contribution in [2.75, 3.05) is 12.4 Å². The first-order valence-corrected chi connectivity index (χ1v) is 7.62. The Morgan fingerprint density at radius 2 is 2.23 bits per heavy atom. The smallest absolute Gasteiger partial charge is 0.315 e. The maximum atomic E-state index is 5.91.